The lowest BCUT2D eigenvalue weighted by atomic mass is 9.97. The van der Waals surface area contributed by atoms with E-state index < -0.39 is 0 Å². The molecule has 3 rings (SSSR count). The highest BCUT2D eigenvalue weighted by atomic mass is 79.9. The van der Waals surface area contributed by atoms with Gasteiger partial charge in [0.05, 0.1) is 5.92 Å². The van der Waals surface area contributed by atoms with Crippen LogP contribution in [0.3, 0.4) is 0 Å². The van der Waals surface area contributed by atoms with Crippen LogP contribution in [0.25, 0.3) is 0 Å². The standard InChI is InChI=1S/C21H26BrN3O4/c22-16-5-1-6-17(12-16)28-14-18-7-8-19(29-18)21(27)24-9-3-11-25-10-2-4-15(13-25)20(23)26/h1,5-8,12,15H,2-4,9-11,13-14H2,(H2,23,26)(H,24,27). The average Bonchev–Trinajstić information content (AvgIpc) is 3.19. The third kappa shape index (κ3) is 6.61. The molecule has 0 radical (unpaired) electrons. The molecule has 0 bridgehead atoms. The fourth-order valence-electron chi connectivity index (χ4n) is 3.37. The number of likely N-dealkylation sites (tertiary alicyclic amines) is 1. The predicted octanol–water partition coefficient (Wildman–Crippen LogP) is 2.94. The maximum absolute atomic E-state index is 12.2. The highest BCUT2D eigenvalue weighted by molar-refractivity contribution is 9.10. The second-order valence-electron chi connectivity index (χ2n) is 7.16. The second kappa shape index (κ2) is 10.5. The Morgan fingerprint density at radius 3 is 2.97 bits per heavy atom. The summed E-state index contributed by atoms with van der Waals surface area (Å²) >= 11 is 3.40. The Hall–Kier alpha value is -2.32. The largest absolute Gasteiger partial charge is 0.486 e. The van der Waals surface area contributed by atoms with E-state index >= 15 is 0 Å². The molecule has 2 heterocycles. The number of halogens is 1. The van der Waals surface area contributed by atoms with Crippen molar-refractivity contribution in [2.75, 3.05) is 26.2 Å². The number of rotatable bonds is 9. The first-order valence-corrected chi connectivity index (χ1v) is 10.6. The van der Waals surface area contributed by atoms with Crippen LogP contribution in [0.15, 0.2) is 45.3 Å². The zero-order valence-corrected chi connectivity index (χ0v) is 17.8. The minimum Gasteiger partial charge on any atom is -0.486 e. The van der Waals surface area contributed by atoms with Gasteiger partial charge in [-0.1, -0.05) is 22.0 Å². The van der Waals surface area contributed by atoms with Gasteiger partial charge in [0.2, 0.25) is 5.91 Å². The van der Waals surface area contributed by atoms with Crippen molar-refractivity contribution in [1.82, 2.24) is 10.2 Å². The molecule has 29 heavy (non-hydrogen) atoms. The number of hydrogen-bond donors (Lipinski definition) is 2. The molecule has 1 aliphatic heterocycles. The Labute approximate surface area is 178 Å². The summed E-state index contributed by atoms with van der Waals surface area (Å²) in [5, 5.41) is 2.87. The van der Waals surface area contributed by atoms with Crippen molar-refractivity contribution in [2.45, 2.75) is 25.9 Å². The van der Waals surface area contributed by atoms with Crippen LogP contribution in [-0.2, 0) is 11.4 Å². The van der Waals surface area contributed by atoms with Crippen molar-refractivity contribution < 1.29 is 18.7 Å². The molecular formula is C21H26BrN3O4. The molecule has 3 N–H and O–H groups in total. The molecular weight excluding hydrogens is 438 g/mol. The molecule has 0 saturated carbocycles. The Bertz CT molecular complexity index is 839. The summed E-state index contributed by atoms with van der Waals surface area (Å²) in [7, 11) is 0. The number of hydrogen-bond acceptors (Lipinski definition) is 5. The summed E-state index contributed by atoms with van der Waals surface area (Å²) in [6.45, 7) is 3.30. The first-order valence-electron chi connectivity index (χ1n) is 9.78. The minimum atomic E-state index is -0.243. The molecule has 1 saturated heterocycles. The van der Waals surface area contributed by atoms with Crippen LogP contribution >= 0.6 is 15.9 Å². The smallest absolute Gasteiger partial charge is 0.286 e. The summed E-state index contributed by atoms with van der Waals surface area (Å²) in [5.74, 6) is 1.05. The number of primary amides is 1. The van der Waals surface area contributed by atoms with E-state index in [1.54, 1.807) is 12.1 Å². The SMILES string of the molecule is NC(=O)C1CCCN(CCCNC(=O)c2ccc(COc3cccc(Br)c3)o2)C1. The number of carbonyl (C=O) groups excluding carboxylic acids is 2. The Morgan fingerprint density at radius 1 is 1.31 bits per heavy atom. The highest BCUT2D eigenvalue weighted by Gasteiger charge is 2.23. The van der Waals surface area contributed by atoms with Crippen LogP contribution < -0.4 is 15.8 Å². The molecule has 156 valence electrons. The normalized spacial score (nSPS) is 17.1. The van der Waals surface area contributed by atoms with Gasteiger partial charge in [-0.05, 0) is 62.7 Å². The van der Waals surface area contributed by atoms with Gasteiger partial charge < -0.3 is 25.1 Å². The van der Waals surface area contributed by atoms with E-state index in [0.717, 1.165) is 42.6 Å². The molecule has 1 atom stereocenters. The number of amides is 2. The zero-order chi connectivity index (χ0) is 20.6. The van der Waals surface area contributed by atoms with Gasteiger partial charge in [-0.25, -0.2) is 0 Å². The van der Waals surface area contributed by atoms with E-state index in [2.05, 4.69) is 26.1 Å². The van der Waals surface area contributed by atoms with E-state index in [9.17, 15) is 9.59 Å². The number of furan rings is 1. The maximum Gasteiger partial charge on any atom is 0.286 e. The van der Waals surface area contributed by atoms with Crippen LogP contribution in [0.1, 0.15) is 35.6 Å². The van der Waals surface area contributed by atoms with Crippen LogP contribution in [0, 0.1) is 5.92 Å². The maximum atomic E-state index is 12.2. The number of benzene rings is 1. The fourth-order valence-corrected chi connectivity index (χ4v) is 3.75. The van der Waals surface area contributed by atoms with Crippen molar-refractivity contribution >= 4 is 27.7 Å². The van der Waals surface area contributed by atoms with Crippen molar-refractivity contribution in [1.29, 1.82) is 0 Å². The Balaban J connectivity index is 1.37. The monoisotopic (exact) mass is 463 g/mol. The predicted molar refractivity (Wildman–Crippen MR) is 112 cm³/mol. The number of nitrogens with zero attached hydrogens (tertiary/aromatic N) is 1. The molecule has 0 spiro atoms. The quantitative estimate of drug-likeness (QED) is 0.557. The third-order valence-electron chi connectivity index (χ3n) is 4.91. The average molecular weight is 464 g/mol. The van der Waals surface area contributed by atoms with Crippen LogP contribution in [0.2, 0.25) is 0 Å². The third-order valence-corrected chi connectivity index (χ3v) is 5.40. The summed E-state index contributed by atoms with van der Waals surface area (Å²) in [5.41, 5.74) is 5.41. The lowest BCUT2D eigenvalue weighted by Crippen LogP contribution is -2.42. The summed E-state index contributed by atoms with van der Waals surface area (Å²) < 4.78 is 12.2. The van der Waals surface area contributed by atoms with Gasteiger partial charge in [0.25, 0.3) is 5.91 Å². The Kier molecular flexibility index (Phi) is 7.71. The van der Waals surface area contributed by atoms with Crippen LogP contribution in [0.5, 0.6) is 5.75 Å². The second-order valence-corrected chi connectivity index (χ2v) is 8.08. The first kappa shape index (κ1) is 21.4. The van der Waals surface area contributed by atoms with Gasteiger partial charge in [0, 0.05) is 17.6 Å². The molecule has 1 aromatic carbocycles. The topological polar surface area (TPSA) is 97.8 Å². The van der Waals surface area contributed by atoms with Crippen molar-refractivity contribution in [3.63, 3.8) is 0 Å². The summed E-state index contributed by atoms with van der Waals surface area (Å²) in [6, 6.07) is 10.9. The van der Waals surface area contributed by atoms with E-state index in [0.29, 0.717) is 18.8 Å². The van der Waals surface area contributed by atoms with Crippen molar-refractivity contribution in [2.24, 2.45) is 11.7 Å². The van der Waals surface area contributed by atoms with Crippen LogP contribution in [-0.4, -0.2) is 42.9 Å². The van der Waals surface area contributed by atoms with Gasteiger partial charge in [-0.15, -0.1) is 0 Å². The minimum absolute atomic E-state index is 0.0564. The molecule has 1 aromatic heterocycles. The molecule has 2 amide bonds. The van der Waals surface area contributed by atoms with E-state index in [4.69, 9.17) is 14.9 Å². The van der Waals surface area contributed by atoms with E-state index in [1.165, 1.54) is 0 Å². The molecule has 8 heteroatoms. The Morgan fingerprint density at radius 2 is 2.17 bits per heavy atom. The van der Waals surface area contributed by atoms with Crippen LogP contribution in [0.4, 0.5) is 0 Å². The van der Waals surface area contributed by atoms with Gasteiger partial charge in [-0.3, -0.25) is 9.59 Å². The van der Waals surface area contributed by atoms with Gasteiger partial charge in [0.15, 0.2) is 5.76 Å². The molecule has 1 unspecified atom stereocenters. The number of piperidine rings is 1. The van der Waals surface area contributed by atoms with Gasteiger partial charge in [0.1, 0.15) is 18.1 Å². The molecule has 7 nitrogen and oxygen atoms in total. The lowest BCUT2D eigenvalue weighted by molar-refractivity contribution is -0.123. The highest BCUT2D eigenvalue weighted by Crippen LogP contribution is 2.19. The first-order chi connectivity index (χ1) is 14.0. The number of nitrogens with one attached hydrogen (secondary N) is 1. The van der Waals surface area contributed by atoms with Gasteiger partial charge in [-0.2, -0.15) is 0 Å². The van der Waals surface area contributed by atoms with E-state index in [1.807, 2.05) is 24.3 Å². The molecule has 1 aliphatic rings. The lowest BCUT2D eigenvalue weighted by Gasteiger charge is -2.31. The summed E-state index contributed by atoms with van der Waals surface area (Å²) in [6.07, 6.45) is 2.66. The zero-order valence-electron chi connectivity index (χ0n) is 16.2. The number of nitrogens with two attached hydrogens (primary N) is 1. The van der Waals surface area contributed by atoms with Crippen molar-refractivity contribution in [3.8, 4) is 5.75 Å². The van der Waals surface area contributed by atoms with E-state index in [-0.39, 0.29) is 30.1 Å². The van der Waals surface area contributed by atoms with Crippen molar-refractivity contribution in [3.05, 3.63) is 52.4 Å². The number of carbonyl (C=O) groups is 2. The molecule has 2 aromatic rings. The van der Waals surface area contributed by atoms with Gasteiger partial charge >= 0.3 is 0 Å². The number of ether oxygens (including phenoxy) is 1. The molecule has 1 fully saturated rings. The molecule has 0 aliphatic carbocycles. The fraction of sp³-hybridized carbons (Fsp3) is 0.429. The summed E-state index contributed by atoms with van der Waals surface area (Å²) in [4.78, 5) is 25.8.